The van der Waals surface area contributed by atoms with Gasteiger partial charge in [-0.15, -0.1) is 0 Å². The Morgan fingerprint density at radius 2 is 1.82 bits per heavy atom. The first-order chi connectivity index (χ1) is 13.7. The molecule has 4 heterocycles. The second-order valence-corrected chi connectivity index (χ2v) is 5.86. The first-order valence-corrected chi connectivity index (χ1v) is 8.44. The molecule has 0 bridgehead atoms. The summed E-state index contributed by atoms with van der Waals surface area (Å²) in [5.74, 6) is 0.167. The van der Waals surface area contributed by atoms with Gasteiger partial charge in [-0.25, -0.2) is 15.0 Å². The molecular weight excluding hydrogens is 356 g/mol. The molecule has 4 rings (SSSR count). The van der Waals surface area contributed by atoms with Crippen molar-refractivity contribution >= 4 is 23.1 Å². The smallest absolute Gasteiger partial charge is 0.277 e. The Labute approximate surface area is 160 Å². The zero-order chi connectivity index (χ0) is 19.3. The molecule has 9 nitrogen and oxygen atoms in total. The van der Waals surface area contributed by atoms with Crippen LogP contribution in [0.5, 0.6) is 0 Å². The van der Waals surface area contributed by atoms with E-state index in [4.69, 9.17) is 0 Å². The maximum Gasteiger partial charge on any atom is 0.277 e. The summed E-state index contributed by atoms with van der Waals surface area (Å²) in [7, 11) is 1.75. The molecule has 0 spiro atoms. The highest BCUT2D eigenvalue weighted by Gasteiger charge is 2.16. The Balaban J connectivity index is 1.57. The number of carbonyl (C=O) groups is 1. The van der Waals surface area contributed by atoms with Crippen molar-refractivity contribution in [1.82, 2.24) is 29.7 Å². The summed E-state index contributed by atoms with van der Waals surface area (Å²) < 4.78 is 1.59. The molecule has 138 valence electrons. The second-order valence-electron chi connectivity index (χ2n) is 5.86. The molecule has 0 aliphatic rings. The number of aryl methyl sites for hydroxylation is 1. The molecule has 0 saturated carbocycles. The average molecular weight is 372 g/mol. The maximum absolute atomic E-state index is 12.8. The molecule has 9 heteroatoms. The lowest BCUT2D eigenvalue weighted by Gasteiger charge is -2.10. The molecular formula is C19H16N8O. The van der Waals surface area contributed by atoms with Crippen molar-refractivity contribution in [3.05, 3.63) is 73.2 Å². The summed E-state index contributed by atoms with van der Waals surface area (Å²) in [5, 5.41) is 10.4. The monoisotopic (exact) mass is 372 g/mol. The summed E-state index contributed by atoms with van der Waals surface area (Å²) in [6, 6.07) is 10.8. The van der Waals surface area contributed by atoms with Crippen molar-refractivity contribution < 1.29 is 4.79 Å². The highest BCUT2D eigenvalue weighted by Crippen LogP contribution is 2.22. The van der Waals surface area contributed by atoms with Gasteiger partial charge in [0.05, 0.1) is 29.5 Å². The number of anilines is 3. The van der Waals surface area contributed by atoms with Crippen LogP contribution >= 0.6 is 0 Å². The van der Waals surface area contributed by atoms with Gasteiger partial charge in [0, 0.05) is 25.5 Å². The van der Waals surface area contributed by atoms with E-state index in [1.165, 1.54) is 6.33 Å². The first-order valence-electron chi connectivity index (χ1n) is 8.44. The minimum absolute atomic E-state index is 0.243. The Morgan fingerprint density at radius 3 is 2.61 bits per heavy atom. The Kier molecular flexibility index (Phi) is 4.70. The third-order valence-corrected chi connectivity index (χ3v) is 3.91. The van der Waals surface area contributed by atoms with Crippen LogP contribution in [0.1, 0.15) is 10.5 Å². The topological polar surface area (TPSA) is 111 Å². The van der Waals surface area contributed by atoms with Crippen LogP contribution in [-0.2, 0) is 7.05 Å². The molecule has 1 amide bonds. The SMILES string of the molecule is Cn1nc(-c2ccccn2)cc1NC(=O)c1ncccc1Nc1cncnc1. The van der Waals surface area contributed by atoms with Crippen LogP contribution in [0.3, 0.4) is 0 Å². The molecule has 4 aromatic heterocycles. The molecule has 0 fully saturated rings. The van der Waals surface area contributed by atoms with E-state index in [1.807, 2.05) is 18.2 Å². The van der Waals surface area contributed by atoms with E-state index in [0.29, 0.717) is 22.9 Å². The largest absolute Gasteiger partial charge is 0.351 e. The Morgan fingerprint density at radius 1 is 1.00 bits per heavy atom. The van der Waals surface area contributed by atoms with Gasteiger partial charge in [-0.1, -0.05) is 6.07 Å². The number of nitrogens with one attached hydrogen (secondary N) is 2. The van der Waals surface area contributed by atoms with Crippen molar-refractivity contribution in [1.29, 1.82) is 0 Å². The first kappa shape index (κ1) is 17.3. The van der Waals surface area contributed by atoms with E-state index in [-0.39, 0.29) is 11.6 Å². The van der Waals surface area contributed by atoms with Crippen molar-refractivity contribution in [3.63, 3.8) is 0 Å². The van der Waals surface area contributed by atoms with Crippen molar-refractivity contribution in [3.8, 4) is 11.4 Å². The fourth-order valence-corrected chi connectivity index (χ4v) is 2.61. The van der Waals surface area contributed by atoms with Crippen LogP contribution in [0.2, 0.25) is 0 Å². The number of hydrogen-bond donors (Lipinski definition) is 2. The molecule has 0 unspecified atom stereocenters. The van der Waals surface area contributed by atoms with E-state index in [2.05, 4.69) is 35.7 Å². The lowest BCUT2D eigenvalue weighted by molar-refractivity contribution is 0.102. The fourth-order valence-electron chi connectivity index (χ4n) is 2.61. The van der Waals surface area contributed by atoms with E-state index in [1.54, 1.807) is 54.7 Å². The number of pyridine rings is 2. The van der Waals surface area contributed by atoms with Gasteiger partial charge < -0.3 is 10.6 Å². The summed E-state index contributed by atoms with van der Waals surface area (Å²) in [6.45, 7) is 0. The third kappa shape index (κ3) is 3.68. The zero-order valence-corrected chi connectivity index (χ0v) is 14.9. The van der Waals surface area contributed by atoms with Crippen LogP contribution < -0.4 is 10.6 Å². The molecule has 28 heavy (non-hydrogen) atoms. The normalized spacial score (nSPS) is 10.5. The Bertz CT molecular complexity index is 1100. The molecule has 2 N–H and O–H groups in total. The van der Waals surface area contributed by atoms with Gasteiger partial charge in [-0.05, 0) is 24.3 Å². The van der Waals surface area contributed by atoms with E-state index < -0.39 is 0 Å². The van der Waals surface area contributed by atoms with Gasteiger partial charge in [0.15, 0.2) is 5.69 Å². The summed E-state index contributed by atoms with van der Waals surface area (Å²) in [5.41, 5.74) is 2.83. The van der Waals surface area contributed by atoms with E-state index in [9.17, 15) is 4.79 Å². The van der Waals surface area contributed by atoms with Gasteiger partial charge in [0.2, 0.25) is 0 Å². The molecule has 4 aromatic rings. The van der Waals surface area contributed by atoms with Crippen LogP contribution in [0.15, 0.2) is 67.5 Å². The van der Waals surface area contributed by atoms with Gasteiger partial charge in [-0.2, -0.15) is 5.10 Å². The lowest BCUT2D eigenvalue weighted by atomic mass is 10.2. The van der Waals surface area contributed by atoms with Crippen LogP contribution in [0.4, 0.5) is 17.2 Å². The molecule has 0 aliphatic heterocycles. The minimum atomic E-state index is -0.365. The summed E-state index contributed by atoms with van der Waals surface area (Å²) >= 11 is 0. The minimum Gasteiger partial charge on any atom is -0.351 e. The zero-order valence-electron chi connectivity index (χ0n) is 14.9. The number of nitrogens with zero attached hydrogens (tertiary/aromatic N) is 6. The number of amides is 1. The van der Waals surface area contributed by atoms with Gasteiger partial charge >= 0.3 is 0 Å². The molecule has 0 saturated heterocycles. The highest BCUT2D eigenvalue weighted by molar-refractivity contribution is 6.06. The molecule has 0 aromatic carbocycles. The molecule has 0 atom stereocenters. The number of rotatable bonds is 5. The number of hydrogen-bond acceptors (Lipinski definition) is 7. The quantitative estimate of drug-likeness (QED) is 0.554. The van der Waals surface area contributed by atoms with Gasteiger partial charge in [-0.3, -0.25) is 14.5 Å². The van der Waals surface area contributed by atoms with Crippen LogP contribution in [0, 0.1) is 0 Å². The maximum atomic E-state index is 12.8. The lowest BCUT2D eigenvalue weighted by Crippen LogP contribution is -2.17. The number of aromatic nitrogens is 6. The van der Waals surface area contributed by atoms with Crippen molar-refractivity contribution in [2.45, 2.75) is 0 Å². The molecule has 0 aliphatic carbocycles. The van der Waals surface area contributed by atoms with Crippen LogP contribution in [0.25, 0.3) is 11.4 Å². The van der Waals surface area contributed by atoms with Crippen molar-refractivity contribution in [2.24, 2.45) is 7.05 Å². The Hall–Kier alpha value is -4.14. The van der Waals surface area contributed by atoms with E-state index in [0.717, 1.165) is 5.69 Å². The highest BCUT2D eigenvalue weighted by atomic mass is 16.2. The average Bonchev–Trinajstić information content (AvgIpc) is 3.10. The summed E-state index contributed by atoms with van der Waals surface area (Å²) in [6.07, 6.45) is 7.92. The fraction of sp³-hybridized carbons (Fsp3) is 0.0526. The third-order valence-electron chi connectivity index (χ3n) is 3.91. The second kappa shape index (κ2) is 7.62. The predicted octanol–water partition coefficient (Wildman–Crippen LogP) is 2.66. The van der Waals surface area contributed by atoms with E-state index >= 15 is 0 Å². The van der Waals surface area contributed by atoms with Gasteiger partial charge in [0.25, 0.3) is 5.91 Å². The van der Waals surface area contributed by atoms with Crippen LogP contribution in [-0.4, -0.2) is 35.6 Å². The van der Waals surface area contributed by atoms with Crippen molar-refractivity contribution in [2.75, 3.05) is 10.6 Å². The number of carbonyl (C=O) groups excluding carboxylic acids is 1. The predicted molar refractivity (Wildman–Crippen MR) is 104 cm³/mol. The summed E-state index contributed by atoms with van der Waals surface area (Å²) in [4.78, 5) is 29.2. The molecule has 0 radical (unpaired) electrons. The van der Waals surface area contributed by atoms with Gasteiger partial charge in [0.1, 0.15) is 17.8 Å². The standard InChI is InChI=1S/C19H16N8O/c1-27-17(9-16(26-27)14-5-2-3-7-22-14)25-19(28)18-15(6-4-8-23-18)24-13-10-20-12-21-11-13/h2-12,24H,1H3,(H,25,28).